The second-order valence-electron chi connectivity index (χ2n) is 8.59. The van der Waals surface area contributed by atoms with E-state index in [2.05, 4.69) is 10.2 Å². The van der Waals surface area contributed by atoms with Gasteiger partial charge in [0.25, 0.3) is 5.91 Å². The molecule has 6 heteroatoms. The minimum atomic E-state index is -0.559. The van der Waals surface area contributed by atoms with Crippen LogP contribution in [0.2, 0.25) is 0 Å². The van der Waals surface area contributed by atoms with Crippen LogP contribution in [-0.2, 0) is 11.3 Å². The van der Waals surface area contributed by atoms with Crippen molar-refractivity contribution in [1.82, 2.24) is 15.1 Å². The van der Waals surface area contributed by atoms with Gasteiger partial charge < -0.3 is 10.2 Å². The molecule has 1 unspecified atom stereocenters. The highest BCUT2D eigenvalue weighted by Gasteiger charge is 2.30. The molecule has 1 heterocycles. The average Bonchev–Trinajstić information content (AvgIpc) is 2.99. The first-order chi connectivity index (χ1) is 14.8. The number of nitrogens with one attached hydrogen (secondary N) is 1. The third-order valence-corrected chi connectivity index (χ3v) is 5.83. The standard InChI is InChI=1S/C25H32FN3O2/c1-18(2)23(27-24(30)22-8-5-4-7-19(22)3)25(31)29-14-6-13-28(15-16-29)17-20-9-11-21(26)12-10-20/h4-5,7-12,18,23H,6,13-17H2,1-3H3,(H,27,30). The lowest BCUT2D eigenvalue weighted by Gasteiger charge is -2.29. The maximum Gasteiger partial charge on any atom is 0.252 e. The first-order valence-corrected chi connectivity index (χ1v) is 11.0. The first-order valence-electron chi connectivity index (χ1n) is 11.0. The average molecular weight is 426 g/mol. The van der Waals surface area contributed by atoms with E-state index in [1.165, 1.54) is 12.1 Å². The first kappa shape index (κ1) is 22.9. The Morgan fingerprint density at radius 1 is 1.00 bits per heavy atom. The minimum absolute atomic E-state index is 0.0148. The third kappa shape index (κ3) is 6.14. The monoisotopic (exact) mass is 425 g/mol. The van der Waals surface area contributed by atoms with Gasteiger partial charge in [-0.3, -0.25) is 14.5 Å². The van der Waals surface area contributed by atoms with E-state index in [1.807, 2.05) is 43.9 Å². The van der Waals surface area contributed by atoms with Gasteiger partial charge in [0, 0.05) is 38.3 Å². The Hall–Kier alpha value is -2.73. The zero-order valence-corrected chi connectivity index (χ0v) is 18.6. The fourth-order valence-corrected chi connectivity index (χ4v) is 3.95. The van der Waals surface area contributed by atoms with Crippen molar-refractivity contribution in [3.63, 3.8) is 0 Å². The number of carbonyl (C=O) groups is 2. The second-order valence-corrected chi connectivity index (χ2v) is 8.59. The van der Waals surface area contributed by atoms with Crippen LogP contribution in [0.15, 0.2) is 48.5 Å². The van der Waals surface area contributed by atoms with Crippen LogP contribution in [-0.4, -0.2) is 53.8 Å². The van der Waals surface area contributed by atoms with E-state index in [0.29, 0.717) is 18.7 Å². The van der Waals surface area contributed by atoms with Gasteiger partial charge in [-0.1, -0.05) is 44.2 Å². The van der Waals surface area contributed by atoms with Gasteiger partial charge in [-0.05, 0) is 48.6 Å². The van der Waals surface area contributed by atoms with Crippen molar-refractivity contribution in [2.24, 2.45) is 5.92 Å². The van der Waals surface area contributed by atoms with Gasteiger partial charge in [0.05, 0.1) is 0 Å². The molecular formula is C25H32FN3O2. The van der Waals surface area contributed by atoms with Crippen molar-refractivity contribution in [3.8, 4) is 0 Å². The van der Waals surface area contributed by atoms with Gasteiger partial charge in [0.15, 0.2) is 0 Å². The van der Waals surface area contributed by atoms with Crippen LogP contribution < -0.4 is 5.32 Å². The fourth-order valence-electron chi connectivity index (χ4n) is 3.95. The third-order valence-electron chi connectivity index (χ3n) is 5.83. The van der Waals surface area contributed by atoms with Crippen molar-refractivity contribution in [2.75, 3.05) is 26.2 Å². The summed E-state index contributed by atoms with van der Waals surface area (Å²) in [4.78, 5) is 30.3. The Morgan fingerprint density at radius 3 is 2.39 bits per heavy atom. The molecule has 1 N–H and O–H groups in total. The summed E-state index contributed by atoms with van der Waals surface area (Å²) in [7, 11) is 0. The van der Waals surface area contributed by atoms with E-state index in [4.69, 9.17) is 0 Å². The van der Waals surface area contributed by atoms with Gasteiger partial charge in [0.1, 0.15) is 11.9 Å². The van der Waals surface area contributed by atoms with Crippen LogP contribution in [0.4, 0.5) is 4.39 Å². The Labute approximate surface area is 184 Å². The predicted molar refractivity (Wildman–Crippen MR) is 120 cm³/mol. The molecule has 0 aliphatic carbocycles. The molecule has 1 atom stereocenters. The summed E-state index contributed by atoms with van der Waals surface area (Å²) in [6.07, 6.45) is 0.865. The molecule has 1 fully saturated rings. The number of benzene rings is 2. The summed E-state index contributed by atoms with van der Waals surface area (Å²) in [5.74, 6) is -0.485. The van der Waals surface area contributed by atoms with Crippen LogP contribution in [0.5, 0.6) is 0 Å². The highest BCUT2D eigenvalue weighted by molar-refractivity contribution is 5.98. The largest absolute Gasteiger partial charge is 0.340 e. The van der Waals surface area contributed by atoms with Crippen LogP contribution in [0.1, 0.15) is 41.8 Å². The smallest absolute Gasteiger partial charge is 0.252 e. The summed E-state index contributed by atoms with van der Waals surface area (Å²) in [6.45, 7) is 9.46. The summed E-state index contributed by atoms with van der Waals surface area (Å²) >= 11 is 0. The van der Waals surface area contributed by atoms with Crippen LogP contribution in [0, 0.1) is 18.7 Å². The predicted octanol–water partition coefficient (Wildman–Crippen LogP) is 3.62. The number of nitrogens with zero attached hydrogens (tertiary/aromatic N) is 2. The number of halogens is 1. The van der Waals surface area contributed by atoms with Crippen LogP contribution in [0.3, 0.4) is 0 Å². The van der Waals surface area contributed by atoms with Gasteiger partial charge >= 0.3 is 0 Å². The van der Waals surface area contributed by atoms with E-state index >= 15 is 0 Å². The van der Waals surface area contributed by atoms with Gasteiger partial charge in [0.2, 0.25) is 5.91 Å². The van der Waals surface area contributed by atoms with Crippen LogP contribution >= 0.6 is 0 Å². The molecule has 0 aromatic heterocycles. The molecule has 0 radical (unpaired) electrons. The van der Waals surface area contributed by atoms with Crippen molar-refractivity contribution >= 4 is 11.8 Å². The van der Waals surface area contributed by atoms with Crippen molar-refractivity contribution < 1.29 is 14.0 Å². The topological polar surface area (TPSA) is 52.7 Å². The van der Waals surface area contributed by atoms with Gasteiger partial charge in [-0.2, -0.15) is 0 Å². The zero-order chi connectivity index (χ0) is 22.4. The van der Waals surface area contributed by atoms with E-state index in [1.54, 1.807) is 18.2 Å². The molecule has 3 rings (SSSR count). The summed E-state index contributed by atoms with van der Waals surface area (Å²) in [6, 6.07) is 13.4. The number of hydrogen-bond acceptors (Lipinski definition) is 3. The molecule has 2 aromatic rings. The van der Waals surface area contributed by atoms with Crippen LogP contribution in [0.25, 0.3) is 0 Å². The maximum atomic E-state index is 13.3. The Bertz CT molecular complexity index is 898. The number of amides is 2. The quantitative estimate of drug-likeness (QED) is 0.769. The number of hydrogen-bond donors (Lipinski definition) is 1. The SMILES string of the molecule is Cc1ccccc1C(=O)NC(C(=O)N1CCCN(Cc2ccc(F)cc2)CC1)C(C)C. The Morgan fingerprint density at radius 2 is 1.71 bits per heavy atom. The molecule has 1 aliphatic heterocycles. The van der Waals surface area contributed by atoms with Crippen molar-refractivity contribution in [3.05, 3.63) is 71.0 Å². The van der Waals surface area contributed by atoms with Gasteiger partial charge in [-0.15, -0.1) is 0 Å². The summed E-state index contributed by atoms with van der Waals surface area (Å²) in [5.41, 5.74) is 2.55. The molecule has 5 nitrogen and oxygen atoms in total. The van der Waals surface area contributed by atoms with E-state index in [-0.39, 0.29) is 23.5 Å². The number of carbonyl (C=O) groups excluding carboxylic acids is 2. The number of aryl methyl sites for hydroxylation is 1. The Kier molecular flexibility index (Phi) is 7.80. The minimum Gasteiger partial charge on any atom is -0.340 e. The lowest BCUT2D eigenvalue weighted by molar-refractivity contribution is -0.134. The fraction of sp³-hybridized carbons (Fsp3) is 0.440. The molecular weight excluding hydrogens is 393 g/mol. The molecule has 1 saturated heterocycles. The lowest BCUT2D eigenvalue weighted by atomic mass is 10.0. The number of rotatable bonds is 6. The molecule has 31 heavy (non-hydrogen) atoms. The van der Waals surface area contributed by atoms with E-state index in [0.717, 1.165) is 37.2 Å². The lowest BCUT2D eigenvalue weighted by Crippen LogP contribution is -2.52. The molecule has 1 aliphatic rings. The zero-order valence-electron chi connectivity index (χ0n) is 18.6. The normalized spacial score (nSPS) is 16.1. The van der Waals surface area contributed by atoms with E-state index < -0.39 is 6.04 Å². The molecule has 166 valence electrons. The molecule has 0 saturated carbocycles. The Balaban J connectivity index is 1.62. The highest BCUT2D eigenvalue weighted by Crippen LogP contribution is 2.14. The second kappa shape index (κ2) is 10.5. The molecule has 0 bridgehead atoms. The van der Waals surface area contributed by atoms with E-state index in [9.17, 15) is 14.0 Å². The molecule has 2 aromatic carbocycles. The van der Waals surface area contributed by atoms with Crippen molar-refractivity contribution in [2.45, 2.75) is 39.8 Å². The maximum absolute atomic E-state index is 13.3. The summed E-state index contributed by atoms with van der Waals surface area (Å²) in [5, 5.41) is 2.97. The highest BCUT2D eigenvalue weighted by atomic mass is 19.1. The van der Waals surface area contributed by atoms with Crippen molar-refractivity contribution in [1.29, 1.82) is 0 Å². The molecule has 0 spiro atoms. The summed E-state index contributed by atoms with van der Waals surface area (Å²) < 4.78 is 13.1. The van der Waals surface area contributed by atoms with Gasteiger partial charge in [-0.25, -0.2) is 4.39 Å². The molecule has 2 amide bonds.